The van der Waals surface area contributed by atoms with Crippen molar-refractivity contribution >= 4 is 26.8 Å². The zero-order valence-corrected chi connectivity index (χ0v) is 8.85. The van der Waals surface area contributed by atoms with Crippen molar-refractivity contribution in [2.75, 3.05) is 0 Å². The molecule has 0 unspecified atom stereocenters. The Bertz CT molecular complexity index is 447. The summed E-state index contributed by atoms with van der Waals surface area (Å²) in [5.41, 5.74) is 3.11. The average Bonchev–Trinajstić information content (AvgIpc) is 2.42. The van der Waals surface area contributed by atoms with Crippen molar-refractivity contribution in [3.63, 3.8) is 0 Å². The zero-order valence-electron chi connectivity index (χ0n) is 7.26. The van der Waals surface area contributed by atoms with Gasteiger partial charge in [0.05, 0.1) is 12.3 Å². The fraction of sp³-hybridized carbons (Fsp3) is 0.200. The van der Waals surface area contributed by atoms with Crippen molar-refractivity contribution < 1.29 is 5.11 Å². The van der Waals surface area contributed by atoms with Crippen molar-refractivity contribution in [2.24, 2.45) is 0 Å². The first-order valence-electron chi connectivity index (χ1n) is 4.10. The number of hydrogen-bond acceptors (Lipinski definition) is 1. The summed E-state index contributed by atoms with van der Waals surface area (Å²) in [6.45, 7) is 2.08. The Balaban J connectivity index is 2.76. The number of hydrogen-bond donors (Lipinski definition) is 2. The normalized spacial score (nSPS) is 11.0. The number of aromatic nitrogens is 1. The molecule has 0 fully saturated rings. The summed E-state index contributed by atoms with van der Waals surface area (Å²) in [4.78, 5) is 3.16. The second-order valence-electron chi connectivity index (χ2n) is 3.12. The van der Waals surface area contributed by atoms with Crippen molar-refractivity contribution in [1.82, 2.24) is 4.98 Å². The number of rotatable bonds is 1. The molecule has 0 atom stereocenters. The first-order valence-corrected chi connectivity index (χ1v) is 4.89. The molecule has 0 aliphatic rings. The van der Waals surface area contributed by atoms with Gasteiger partial charge in [-0.15, -0.1) is 0 Å². The van der Waals surface area contributed by atoms with Gasteiger partial charge in [0.25, 0.3) is 0 Å². The van der Waals surface area contributed by atoms with Crippen LogP contribution in [-0.2, 0) is 6.61 Å². The molecule has 0 saturated heterocycles. The van der Waals surface area contributed by atoms with Crippen LogP contribution in [0.5, 0.6) is 0 Å². The minimum Gasteiger partial charge on any atom is -0.390 e. The number of aliphatic hydroxyl groups excluding tert-OH is 1. The molecule has 0 aliphatic heterocycles. The summed E-state index contributed by atoms with van der Waals surface area (Å²) in [6, 6.07) is 6.17. The number of nitrogens with one attached hydrogen (secondary N) is 1. The van der Waals surface area contributed by atoms with Crippen molar-refractivity contribution in [1.29, 1.82) is 0 Å². The third-order valence-corrected chi connectivity index (χ3v) is 3.03. The molecule has 0 radical (unpaired) electrons. The summed E-state index contributed by atoms with van der Waals surface area (Å²) < 4.78 is 0.963. The molecular formula is C10H10BrNO. The quantitative estimate of drug-likeness (QED) is 0.789. The molecule has 68 valence electrons. The third-order valence-electron chi connectivity index (χ3n) is 2.12. The molecule has 0 spiro atoms. The van der Waals surface area contributed by atoms with Crippen molar-refractivity contribution in [2.45, 2.75) is 13.5 Å². The molecule has 2 aromatic rings. The van der Waals surface area contributed by atoms with Gasteiger partial charge in [0, 0.05) is 15.4 Å². The summed E-state index contributed by atoms with van der Waals surface area (Å²) in [5.74, 6) is 0. The van der Waals surface area contributed by atoms with Gasteiger partial charge < -0.3 is 10.1 Å². The summed E-state index contributed by atoms with van der Waals surface area (Å²) in [6.07, 6.45) is 0. The zero-order chi connectivity index (χ0) is 9.42. The SMILES string of the molecule is Cc1ccc2c(Br)c(CO)[nH]c2c1. The molecule has 1 heterocycles. The largest absolute Gasteiger partial charge is 0.390 e. The van der Waals surface area contributed by atoms with Crippen LogP contribution in [-0.4, -0.2) is 10.1 Å². The lowest BCUT2D eigenvalue weighted by atomic mass is 10.2. The number of halogens is 1. The lowest BCUT2D eigenvalue weighted by molar-refractivity contribution is 0.277. The first kappa shape index (κ1) is 8.78. The van der Waals surface area contributed by atoms with E-state index in [-0.39, 0.29) is 6.61 Å². The summed E-state index contributed by atoms with van der Waals surface area (Å²) in [7, 11) is 0. The van der Waals surface area contributed by atoms with Gasteiger partial charge in [-0.05, 0) is 34.5 Å². The molecule has 1 aromatic carbocycles. The van der Waals surface area contributed by atoms with Crippen LogP contribution in [0.25, 0.3) is 10.9 Å². The summed E-state index contributed by atoms with van der Waals surface area (Å²) >= 11 is 3.45. The fourth-order valence-electron chi connectivity index (χ4n) is 1.44. The highest BCUT2D eigenvalue weighted by Gasteiger charge is 2.06. The smallest absolute Gasteiger partial charge is 0.0842 e. The van der Waals surface area contributed by atoms with Crippen LogP contribution in [0.2, 0.25) is 0 Å². The Morgan fingerprint density at radius 1 is 1.46 bits per heavy atom. The van der Waals surface area contributed by atoms with Crippen LogP contribution < -0.4 is 0 Å². The molecular weight excluding hydrogens is 230 g/mol. The van der Waals surface area contributed by atoms with Crippen LogP contribution in [0, 0.1) is 6.92 Å². The Morgan fingerprint density at radius 3 is 2.92 bits per heavy atom. The third kappa shape index (κ3) is 1.38. The minimum atomic E-state index is 0.0360. The van der Waals surface area contributed by atoms with Gasteiger partial charge in [0.2, 0.25) is 0 Å². The molecule has 0 bridgehead atoms. The van der Waals surface area contributed by atoms with E-state index in [2.05, 4.69) is 33.0 Å². The predicted octanol–water partition coefficient (Wildman–Crippen LogP) is 2.73. The summed E-state index contributed by atoms with van der Waals surface area (Å²) in [5, 5.41) is 10.1. The van der Waals surface area contributed by atoms with Gasteiger partial charge in [-0.1, -0.05) is 12.1 Å². The molecule has 2 nitrogen and oxygen atoms in total. The number of aliphatic hydroxyl groups is 1. The maximum Gasteiger partial charge on any atom is 0.0842 e. The van der Waals surface area contributed by atoms with Crippen LogP contribution in [0.15, 0.2) is 22.7 Å². The molecule has 2 rings (SSSR count). The maximum atomic E-state index is 9.03. The Labute approximate surface area is 84.7 Å². The Hall–Kier alpha value is -0.800. The molecule has 13 heavy (non-hydrogen) atoms. The lowest BCUT2D eigenvalue weighted by Crippen LogP contribution is -1.81. The average molecular weight is 240 g/mol. The molecule has 3 heteroatoms. The van der Waals surface area contributed by atoms with Gasteiger partial charge in [-0.3, -0.25) is 0 Å². The predicted molar refractivity (Wildman–Crippen MR) is 56.7 cm³/mol. The van der Waals surface area contributed by atoms with Gasteiger partial charge in [-0.25, -0.2) is 0 Å². The molecule has 0 amide bonds. The number of aryl methyl sites for hydroxylation is 1. The highest BCUT2D eigenvalue weighted by Crippen LogP contribution is 2.28. The van der Waals surface area contributed by atoms with E-state index in [1.54, 1.807) is 0 Å². The van der Waals surface area contributed by atoms with Crippen LogP contribution in [0.1, 0.15) is 11.3 Å². The number of H-pyrrole nitrogens is 1. The second kappa shape index (κ2) is 3.16. The Kier molecular flexibility index (Phi) is 2.14. The second-order valence-corrected chi connectivity index (χ2v) is 3.92. The fourth-order valence-corrected chi connectivity index (χ4v) is 2.01. The molecule has 0 saturated carbocycles. The topological polar surface area (TPSA) is 36.0 Å². The van der Waals surface area contributed by atoms with E-state index < -0.39 is 0 Å². The highest BCUT2D eigenvalue weighted by molar-refractivity contribution is 9.10. The van der Waals surface area contributed by atoms with Gasteiger partial charge in [0.15, 0.2) is 0 Å². The number of fused-ring (bicyclic) bond motifs is 1. The van der Waals surface area contributed by atoms with Crippen molar-refractivity contribution in [3.8, 4) is 0 Å². The van der Waals surface area contributed by atoms with E-state index in [9.17, 15) is 0 Å². The first-order chi connectivity index (χ1) is 6.22. The van der Waals surface area contributed by atoms with Crippen LogP contribution in [0.3, 0.4) is 0 Å². The van der Waals surface area contributed by atoms with E-state index in [0.717, 1.165) is 21.1 Å². The van der Waals surface area contributed by atoms with Gasteiger partial charge in [-0.2, -0.15) is 0 Å². The van der Waals surface area contributed by atoms with E-state index in [1.807, 2.05) is 13.0 Å². The van der Waals surface area contributed by atoms with Crippen molar-refractivity contribution in [3.05, 3.63) is 33.9 Å². The monoisotopic (exact) mass is 239 g/mol. The molecule has 0 aliphatic carbocycles. The van der Waals surface area contributed by atoms with E-state index in [1.165, 1.54) is 5.56 Å². The van der Waals surface area contributed by atoms with Crippen LogP contribution in [0.4, 0.5) is 0 Å². The maximum absolute atomic E-state index is 9.03. The number of aromatic amines is 1. The Morgan fingerprint density at radius 2 is 2.23 bits per heavy atom. The van der Waals surface area contributed by atoms with Crippen LogP contribution >= 0.6 is 15.9 Å². The molecule has 1 aromatic heterocycles. The highest BCUT2D eigenvalue weighted by atomic mass is 79.9. The van der Waals surface area contributed by atoms with Gasteiger partial charge >= 0.3 is 0 Å². The van der Waals surface area contributed by atoms with Gasteiger partial charge in [0.1, 0.15) is 0 Å². The lowest BCUT2D eigenvalue weighted by Gasteiger charge is -1.92. The molecule has 2 N–H and O–H groups in total. The number of benzene rings is 1. The van der Waals surface area contributed by atoms with E-state index in [0.29, 0.717) is 0 Å². The van der Waals surface area contributed by atoms with E-state index in [4.69, 9.17) is 5.11 Å². The van der Waals surface area contributed by atoms with E-state index >= 15 is 0 Å². The minimum absolute atomic E-state index is 0.0360. The standard InChI is InChI=1S/C10H10BrNO/c1-6-2-3-7-8(4-6)12-9(5-13)10(7)11/h2-4,12-13H,5H2,1H3.